The van der Waals surface area contributed by atoms with E-state index in [1.165, 1.54) is 6.07 Å². The van der Waals surface area contributed by atoms with E-state index in [1.54, 1.807) is 6.07 Å². The van der Waals surface area contributed by atoms with Crippen LogP contribution < -0.4 is 5.73 Å². The molecular weight excluding hydrogens is 293 g/mol. The molecule has 0 heterocycles. The molecule has 0 aliphatic rings. The van der Waals surface area contributed by atoms with Crippen LogP contribution in [0.5, 0.6) is 0 Å². The molecule has 0 amide bonds. The van der Waals surface area contributed by atoms with Gasteiger partial charge in [0, 0.05) is 0 Å². The third-order valence-corrected chi connectivity index (χ3v) is 8.78. The van der Waals surface area contributed by atoms with Crippen LogP contribution in [0.1, 0.15) is 38.9 Å². The van der Waals surface area contributed by atoms with Gasteiger partial charge in [-0.1, -0.05) is 38.4 Å². The van der Waals surface area contributed by atoms with Gasteiger partial charge in [0.25, 0.3) is 0 Å². The van der Waals surface area contributed by atoms with Crippen LogP contribution in [0.2, 0.25) is 23.2 Å². The molecule has 0 aromatic heterocycles. The largest absolute Gasteiger partial charge is 0.410 e. The molecule has 0 aliphatic carbocycles. The zero-order valence-electron chi connectivity index (χ0n) is 13.0. The summed E-state index contributed by atoms with van der Waals surface area (Å²) in [6, 6.07) is 4.85. The van der Waals surface area contributed by atoms with Crippen LogP contribution in [0.25, 0.3) is 0 Å². The number of nitrogens with two attached hydrogens (primary N) is 1. The van der Waals surface area contributed by atoms with Crippen molar-refractivity contribution < 1.29 is 8.82 Å². The van der Waals surface area contributed by atoms with Crippen LogP contribution in [-0.2, 0) is 4.43 Å². The lowest BCUT2D eigenvalue weighted by molar-refractivity contribution is 0.176. The number of hydrogen-bond donors (Lipinski definition) is 1. The summed E-state index contributed by atoms with van der Waals surface area (Å²) < 4.78 is 20.0. The third-order valence-electron chi connectivity index (χ3n) is 3.99. The molecule has 0 aliphatic heterocycles. The molecule has 0 saturated heterocycles. The van der Waals surface area contributed by atoms with Crippen molar-refractivity contribution >= 4 is 19.9 Å². The number of halogens is 2. The summed E-state index contributed by atoms with van der Waals surface area (Å²) in [5.74, 6) is -0.412. The van der Waals surface area contributed by atoms with Gasteiger partial charge in [-0.15, -0.1) is 0 Å². The summed E-state index contributed by atoms with van der Waals surface area (Å²) in [6.45, 7) is 11.4. The van der Waals surface area contributed by atoms with E-state index in [9.17, 15) is 4.39 Å². The first-order valence-corrected chi connectivity index (χ1v) is 10.2. The first-order valence-electron chi connectivity index (χ1n) is 6.91. The Morgan fingerprint density at radius 1 is 1.35 bits per heavy atom. The van der Waals surface area contributed by atoms with Gasteiger partial charge in [-0.2, -0.15) is 0 Å². The van der Waals surface area contributed by atoms with Crippen molar-refractivity contribution in [2.45, 2.75) is 51.4 Å². The maximum atomic E-state index is 13.6. The van der Waals surface area contributed by atoms with Crippen molar-refractivity contribution in [1.82, 2.24) is 0 Å². The Balaban J connectivity index is 3.03. The van der Waals surface area contributed by atoms with Crippen molar-refractivity contribution in [3.63, 3.8) is 0 Å². The van der Waals surface area contributed by atoms with Gasteiger partial charge in [-0.05, 0) is 48.8 Å². The van der Waals surface area contributed by atoms with Crippen molar-refractivity contribution in [3.05, 3.63) is 34.6 Å². The molecule has 1 rings (SSSR count). The minimum atomic E-state index is -1.93. The quantitative estimate of drug-likeness (QED) is 0.785. The second kappa shape index (κ2) is 6.56. The summed E-state index contributed by atoms with van der Waals surface area (Å²) in [4.78, 5) is 0. The van der Waals surface area contributed by atoms with Gasteiger partial charge in [0.2, 0.25) is 0 Å². The molecule has 0 radical (unpaired) electrons. The number of benzene rings is 1. The fourth-order valence-corrected chi connectivity index (χ4v) is 3.13. The molecule has 0 bridgehead atoms. The monoisotopic (exact) mass is 317 g/mol. The summed E-state index contributed by atoms with van der Waals surface area (Å²) in [5.41, 5.74) is 6.49. The predicted molar refractivity (Wildman–Crippen MR) is 86.1 cm³/mol. The molecule has 20 heavy (non-hydrogen) atoms. The Bertz CT molecular complexity index is 460. The molecule has 2 nitrogen and oxygen atoms in total. The van der Waals surface area contributed by atoms with E-state index in [1.807, 2.05) is 6.07 Å². The van der Waals surface area contributed by atoms with Gasteiger partial charge >= 0.3 is 0 Å². The van der Waals surface area contributed by atoms with E-state index in [2.05, 4.69) is 33.9 Å². The molecule has 1 aromatic carbocycles. The lowest BCUT2D eigenvalue weighted by atomic mass is 10.1. The molecule has 1 unspecified atom stereocenters. The molecule has 0 saturated carbocycles. The smallest absolute Gasteiger partial charge is 0.192 e. The maximum Gasteiger partial charge on any atom is 0.192 e. The van der Waals surface area contributed by atoms with E-state index in [0.717, 1.165) is 5.56 Å². The van der Waals surface area contributed by atoms with Crippen LogP contribution in [0.4, 0.5) is 4.39 Å². The van der Waals surface area contributed by atoms with E-state index < -0.39 is 14.1 Å². The zero-order valence-corrected chi connectivity index (χ0v) is 14.7. The van der Waals surface area contributed by atoms with Gasteiger partial charge in [-0.25, -0.2) is 4.39 Å². The normalized spacial score (nSPS) is 14.4. The molecule has 0 spiro atoms. The lowest BCUT2D eigenvalue weighted by Gasteiger charge is -2.39. The Hall–Kier alpha value is -0.423. The lowest BCUT2D eigenvalue weighted by Crippen LogP contribution is -2.42. The molecule has 0 fully saturated rings. The molecule has 1 aromatic rings. The summed E-state index contributed by atoms with van der Waals surface area (Å²) >= 11 is 5.74. The average molecular weight is 318 g/mol. The minimum absolute atomic E-state index is 0.102. The van der Waals surface area contributed by atoms with E-state index in [4.69, 9.17) is 21.8 Å². The molecule has 5 heteroatoms. The SMILES string of the molecule is CC(C)(C)[Si](C)(C)OC(CCN)c1ccc(Cl)c(F)c1. The summed E-state index contributed by atoms with van der Waals surface area (Å²) in [6.07, 6.45) is 0.501. The third kappa shape index (κ3) is 4.28. The Kier molecular flexibility index (Phi) is 5.78. The zero-order chi connectivity index (χ0) is 15.6. The van der Waals surface area contributed by atoms with Crippen LogP contribution in [0.3, 0.4) is 0 Å². The van der Waals surface area contributed by atoms with Gasteiger partial charge in [-0.3, -0.25) is 0 Å². The number of rotatable bonds is 5. The van der Waals surface area contributed by atoms with Crippen LogP contribution in [0, 0.1) is 5.82 Å². The summed E-state index contributed by atoms with van der Waals surface area (Å²) in [5, 5.41) is 0.234. The molecule has 114 valence electrons. The van der Waals surface area contributed by atoms with E-state index in [-0.39, 0.29) is 16.2 Å². The average Bonchev–Trinajstić information content (AvgIpc) is 2.30. The van der Waals surface area contributed by atoms with Crippen molar-refractivity contribution in [3.8, 4) is 0 Å². The Labute approximate surface area is 127 Å². The highest BCUT2D eigenvalue weighted by molar-refractivity contribution is 6.74. The van der Waals surface area contributed by atoms with Crippen LogP contribution in [-0.4, -0.2) is 14.9 Å². The second-order valence-corrected chi connectivity index (χ2v) is 11.8. The van der Waals surface area contributed by atoms with E-state index in [0.29, 0.717) is 13.0 Å². The molecular formula is C15H25ClFNOSi. The van der Waals surface area contributed by atoms with Gasteiger partial charge in [0.1, 0.15) is 5.82 Å². The van der Waals surface area contributed by atoms with E-state index >= 15 is 0 Å². The Morgan fingerprint density at radius 2 is 1.95 bits per heavy atom. The van der Waals surface area contributed by atoms with Gasteiger partial charge in [0.05, 0.1) is 11.1 Å². The first-order chi connectivity index (χ1) is 9.08. The molecule has 2 N–H and O–H groups in total. The highest BCUT2D eigenvalue weighted by atomic mass is 35.5. The molecule has 1 atom stereocenters. The van der Waals surface area contributed by atoms with Crippen molar-refractivity contribution in [1.29, 1.82) is 0 Å². The number of hydrogen-bond acceptors (Lipinski definition) is 2. The minimum Gasteiger partial charge on any atom is -0.410 e. The van der Waals surface area contributed by atoms with Crippen LogP contribution >= 0.6 is 11.6 Å². The van der Waals surface area contributed by atoms with Gasteiger partial charge < -0.3 is 10.2 Å². The van der Waals surface area contributed by atoms with Gasteiger partial charge in [0.15, 0.2) is 8.32 Å². The highest BCUT2D eigenvalue weighted by Gasteiger charge is 2.39. The second-order valence-electron chi connectivity index (χ2n) is 6.62. The van der Waals surface area contributed by atoms with Crippen LogP contribution in [0.15, 0.2) is 18.2 Å². The fraction of sp³-hybridized carbons (Fsp3) is 0.600. The summed E-state index contributed by atoms with van der Waals surface area (Å²) in [7, 11) is -1.93. The Morgan fingerprint density at radius 3 is 2.40 bits per heavy atom. The first kappa shape index (κ1) is 17.6. The topological polar surface area (TPSA) is 35.2 Å². The van der Waals surface area contributed by atoms with Crippen molar-refractivity contribution in [2.75, 3.05) is 6.54 Å². The fourth-order valence-electron chi connectivity index (χ4n) is 1.69. The maximum absolute atomic E-state index is 13.6. The van der Waals surface area contributed by atoms with Crippen molar-refractivity contribution in [2.24, 2.45) is 5.73 Å². The highest BCUT2D eigenvalue weighted by Crippen LogP contribution is 2.40. The predicted octanol–water partition coefficient (Wildman–Crippen LogP) is 4.89. The standard InChI is InChI=1S/C15H25ClFNOSi/c1-15(2,3)20(4,5)19-14(8-9-18)11-6-7-12(16)13(17)10-11/h6-7,10,14H,8-9,18H2,1-5H3.